The molecule has 1 N–H and O–H groups in total. The van der Waals surface area contributed by atoms with E-state index in [0.717, 1.165) is 31.0 Å². The smallest absolute Gasteiger partial charge is 0.134 e. The highest BCUT2D eigenvalue weighted by atomic mass is 16.3. The maximum atomic E-state index is 5.81. The summed E-state index contributed by atoms with van der Waals surface area (Å²) in [6.07, 6.45) is 0. The maximum Gasteiger partial charge on any atom is 0.134 e. The minimum Gasteiger partial charge on any atom is -0.460 e. The second-order valence-corrected chi connectivity index (χ2v) is 4.60. The van der Waals surface area contributed by atoms with Crippen LogP contribution in [0, 0.1) is 6.92 Å². The van der Waals surface area contributed by atoms with Crippen LogP contribution in [0.5, 0.6) is 0 Å². The molecule has 1 aromatic heterocycles. The third kappa shape index (κ3) is 3.08. The lowest BCUT2D eigenvalue weighted by Crippen LogP contribution is -2.26. The van der Waals surface area contributed by atoms with Crippen LogP contribution in [0.25, 0.3) is 11.0 Å². The number of likely N-dealkylation sites (N-methyl/N-ethyl adjacent to an activating group) is 2. The van der Waals surface area contributed by atoms with Crippen molar-refractivity contribution in [2.24, 2.45) is 0 Å². The van der Waals surface area contributed by atoms with E-state index in [2.05, 4.69) is 42.4 Å². The van der Waals surface area contributed by atoms with E-state index in [-0.39, 0.29) is 0 Å². The van der Waals surface area contributed by atoms with E-state index in [1.165, 1.54) is 10.9 Å². The number of nitrogens with one attached hydrogen (secondary N) is 1. The van der Waals surface area contributed by atoms with Gasteiger partial charge in [0.2, 0.25) is 0 Å². The fraction of sp³-hybridized carbons (Fsp3) is 0.429. The zero-order chi connectivity index (χ0) is 12.3. The van der Waals surface area contributed by atoms with Crippen LogP contribution in [0.15, 0.2) is 28.7 Å². The van der Waals surface area contributed by atoms with E-state index in [0.29, 0.717) is 0 Å². The molecule has 2 aromatic rings. The number of furan rings is 1. The molecule has 0 spiro atoms. The van der Waals surface area contributed by atoms with Crippen molar-refractivity contribution in [3.8, 4) is 0 Å². The number of fused-ring (bicyclic) bond motifs is 1. The predicted octanol–water partition coefficient (Wildman–Crippen LogP) is 2.39. The van der Waals surface area contributed by atoms with E-state index >= 15 is 0 Å². The van der Waals surface area contributed by atoms with Gasteiger partial charge in [-0.05, 0) is 39.2 Å². The van der Waals surface area contributed by atoms with Crippen LogP contribution in [0.3, 0.4) is 0 Å². The third-order valence-electron chi connectivity index (χ3n) is 2.89. The van der Waals surface area contributed by atoms with Crippen LogP contribution in [-0.2, 0) is 6.54 Å². The Bertz CT molecular complexity index is 490. The summed E-state index contributed by atoms with van der Waals surface area (Å²) < 4.78 is 5.81. The van der Waals surface area contributed by atoms with Gasteiger partial charge < -0.3 is 9.73 Å². The summed E-state index contributed by atoms with van der Waals surface area (Å²) in [6.45, 7) is 4.98. The van der Waals surface area contributed by atoms with Crippen molar-refractivity contribution in [1.29, 1.82) is 0 Å². The number of aryl methyl sites for hydroxylation is 1. The molecule has 0 saturated carbocycles. The van der Waals surface area contributed by atoms with Crippen molar-refractivity contribution >= 4 is 11.0 Å². The average Bonchev–Trinajstić information content (AvgIpc) is 2.67. The first-order valence-corrected chi connectivity index (χ1v) is 6.01. The van der Waals surface area contributed by atoms with Crippen molar-refractivity contribution in [3.63, 3.8) is 0 Å². The van der Waals surface area contributed by atoms with Gasteiger partial charge in [0.25, 0.3) is 0 Å². The number of nitrogens with zero attached hydrogens (tertiary/aromatic N) is 1. The summed E-state index contributed by atoms with van der Waals surface area (Å²) in [4.78, 5) is 2.25. The molecular formula is C14H20N2O. The van der Waals surface area contributed by atoms with Crippen molar-refractivity contribution < 1.29 is 4.42 Å². The van der Waals surface area contributed by atoms with Crippen LogP contribution in [0.4, 0.5) is 0 Å². The molecule has 92 valence electrons. The lowest BCUT2D eigenvalue weighted by molar-refractivity contribution is 0.300. The standard InChI is InChI=1S/C14H20N2O/c1-11-4-5-14-12(8-11)9-13(17-14)10-16(3)7-6-15-2/h4-5,8-9,15H,6-7,10H2,1-3H3. The maximum absolute atomic E-state index is 5.81. The lowest BCUT2D eigenvalue weighted by atomic mass is 10.2. The van der Waals surface area contributed by atoms with Gasteiger partial charge in [-0.3, -0.25) is 4.90 Å². The summed E-state index contributed by atoms with van der Waals surface area (Å²) in [5, 5.41) is 4.34. The van der Waals surface area contributed by atoms with Crippen molar-refractivity contribution in [1.82, 2.24) is 10.2 Å². The Morgan fingerprint density at radius 2 is 2.12 bits per heavy atom. The molecule has 2 rings (SSSR count). The molecule has 0 aliphatic carbocycles. The fourth-order valence-corrected chi connectivity index (χ4v) is 1.94. The number of hydrogen-bond acceptors (Lipinski definition) is 3. The molecule has 0 aliphatic rings. The van der Waals surface area contributed by atoms with Crippen molar-refractivity contribution in [2.75, 3.05) is 27.2 Å². The van der Waals surface area contributed by atoms with Crippen LogP contribution >= 0.6 is 0 Å². The molecule has 17 heavy (non-hydrogen) atoms. The Labute approximate surface area is 102 Å². The first-order valence-electron chi connectivity index (χ1n) is 6.01. The molecule has 0 radical (unpaired) electrons. The van der Waals surface area contributed by atoms with Gasteiger partial charge in [0, 0.05) is 18.5 Å². The molecule has 0 amide bonds. The first kappa shape index (κ1) is 12.1. The Hall–Kier alpha value is -1.32. The van der Waals surface area contributed by atoms with Gasteiger partial charge in [-0.2, -0.15) is 0 Å². The van der Waals surface area contributed by atoms with Gasteiger partial charge in [0.15, 0.2) is 0 Å². The quantitative estimate of drug-likeness (QED) is 0.858. The SMILES string of the molecule is CNCCN(C)Cc1cc2cc(C)ccc2o1. The number of hydrogen-bond donors (Lipinski definition) is 1. The highest BCUT2D eigenvalue weighted by Crippen LogP contribution is 2.21. The van der Waals surface area contributed by atoms with Crippen molar-refractivity contribution in [2.45, 2.75) is 13.5 Å². The van der Waals surface area contributed by atoms with E-state index in [4.69, 9.17) is 4.42 Å². The molecule has 0 aliphatic heterocycles. The lowest BCUT2D eigenvalue weighted by Gasteiger charge is -2.14. The highest BCUT2D eigenvalue weighted by molar-refractivity contribution is 5.78. The molecule has 1 aromatic carbocycles. The molecule has 0 unspecified atom stereocenters. The molecule has 3 nitrogen and oxygen atoms in total. The Balaban J connectivity index is 2.08. The summed E-state index contributed by atoms with van der Waals surface area (Å²) in [5.74, 6) is 1.03. The summed E-state index contributed by atoms with van der Waals surface area (Å²) in [7, 11) is 4.08. The van der Waals surface area contributed by atoms with E-state index < -0.39 is 0 Å². The molecule has 0 fully saturated rings. The molecule has 0 atom stereocenters. The number of rotatable bonds is 5. The van der Waals surface area contributed by atoms with Gasteiger partial charge in [0.1, 0.15) is 11.3 Å². The summed E-state index contributed by atoms with van der Waals surface area (Å²) in [5.41, 5.74) is 2.25. The molecule has 3 heteroatoms. The normalized spacial score (nSPS) is 11.5. The molecule has 0 saturated heterocycles. The molecular weight excluding hydrogens is 212 g/mol. The summed E-state index contributed by atoms with van der Waals surface area (Å²) in [6, 6.07) is 8.43. The number of benzene rings is 1. The minimum absolute atomic E-state index is 0.857. The first-order chi connectivity index (χ1) is 8.19. The monoisotopic (exact) mass is 232 g/mol. The largest absolute Gasteiger partial charge is 0.460 e. The van der Waals surface area contributed by atoms with Crippen LogP contribution in [-0.4, -0.2) is 32.1 Å². The molecule has 0 bridgehead atoms. The molecule has 1 heterocycles. The van der Waals surface area contributed by atoms with Gasteiger partial charge in [-0.15, -0.1) is 0 Å². The van der Waals surface area contributed by atoms with Crippen LogP contribution < -0.4 is 5.32 Å². The Morgan fingerprint density at radius 1 is 1.29 bits per heavy atom. The van der Waals surface area contributed by atoms with Gasteiger partial charge in [-0.1, -0.05) is 11.6 Å². The van der Waals surface area contributed by atoms with Crippen LogP contribution in [0.1, 0.15) is 11.3 Å². The second kappa shape index (κ2) is 5.34. The third-order valence-corrected chi connectivity index (χ3v) is 2.89. The Morgan fingerprint density at radius 3 is 2.88 bits per heavy atom. The fourth-order valence-electron chi connectivity index (χ4n) is 1.94. The van der Waals surface area contributed by atoms with E-state index in [1.807, 2.05) is 13.1 Å². The zero-order valence-electron chi connectivity index (χ0n) is 10.8. The van der Waals surface area contributed by atoms with E-state index in [1.54, 1.807) is 0 Å². The topological polar surface area (TPSA) is 28.4 Å². The Kier molecular flexibility index (Phi) is 3.82. The van der Waals surface area contributed by atoms with Crippen LogP contribution in [0.2, 0.25) is 0 Å². The van der Waals surface area contributed by atoms with E-state index in [9.17, 15) is 0 Å². The van der Waals surface area contributed by atoms with Gasteiger partial charge in [-0.25, -0.2) is 0 Å². The van der Waals surface area contributed by atoms with Crippen molar-refractivity contribution in [3.05, 3.63) is 35.6 Å². The predicted molar refractivity (Wildman–Crippen MR) is 71.2 cm³/mol. The average molecular weight is 232 g/mol. The second-order valence-electron chi connectivity index (χ2n) is 4.60. The zero-order valence-corrected chi connectivity index (χ0v) is 10.8. The van der Waals surface area contributed by atoms with Gasteiger partial charge in [0.05, 0.1) is 6.54 Å². The minimum atomic E-state index is 0.857. The highest BCUT2D eigenvalue weighted by Gasteiger charge is 2.06. The summed E-state index contributed by atoms with van der Waals surface area (Å²) >= 11 is 0. The van der Waals surface area contributed by atoms with Gasteiger partial charge >= 0.3 is 0 Å².